The molecule has 5 nitrogen and oxygen atoms in total. The molecule has 1 atom stereocenters. The molecular weight excluding hydrogens is 526 g/mol. The van der Waals surface area contributed by atoms with Gasteiger partial charge in [0.15, 0.2) is 0 Å². The molecule has 1 aromatic heterocycles. The minimum atomic E-state index is -0.437. The molecule has 2 aliphatic heterocycles. The standard InChI is InChI=1S/C35H47N3O2S/c1-25(2)28-10-6-7-11-30(28)31-24-36(23-26-9-8-12-32-29(26)13-20-41-32)18-19-38(31)27-21-35(22-27)14-16-37(17-15-35)33(39)40-34(3,4)5/h6-13,20,25,27,31H,14-19,21-24H2,1-5H3. The topological polar surface area (TPSA) is 36.0 Å². The van der Waals surface area contributed by atoms with Crippen LogP contribution in [0.5, 0.6) is 0 Å². The molecule has 0 radical (unpaired) electrons. The molecule has 3 fully saturated rings. The highest BCUT2D eigenvalue weighted by Crippen LogP contribution is 2.53. The summed E-state index contributed by atoms with van der Waals surface area (Å²) in [5.74, 6) is 0.507. The van der Waals surface area contributed by atoms with E-state index in [4.69, 9.17) is 4.74 Å². The average Bonchev–Trinajstić information content (AvgIpc) is 3.41. The Hall–Kier alpha value is -2.41. The van der Waals surface area contributed by atoms with Crippen molar-refractivity contribution in [2.45, 2.75) is 90.4 Å². The highest BCUT2D eigenvalue weighted by Gasteiger charge is 2.50. The van der Waals surface area contributed by atoms with Gasteiger partial charge in [0.25, 0.3) is 0 Å². The van der Waals surface area contributed by atoms with E-state index in [1.165, 1.54) is 39.6 Å². The minimum Gasteiger partial charge on any atom is -0.444 e. The minimum absolute atomic E-state index is 0.150. The lowest BCUT2D eigenvalue weighted by atomic mass is 9.59. The molecule has 6 rings (SSSR count). The lowest BCUT2D eigenvalue weighted by Gasteiger charge is -2.58. The first-order valence-electron chi connectivity index (χ1n) is 15.6. The van der Waals surface area contributed by atoms with Gasteiger partial charge in [0.05, 0.1) is 0 Å². The van der Waals surface area contributed by atoms with E-state index < -0.39 is 5.60 Å². The summed E-state index contributed by atoms with van der Waals surface area (Å²) in [5.41, 5.74) is 4.41. The number of likely N-dealkylation sites (tertiary alicyclic amines) is 1. The molecule has 0 bridgehead atoms. The Morgan fingerprint density at radius 3 is 2.49 bits per heavy atom. The maximum atomic E-state index is 12.6. The fourth-order valence-electron chi connectivity index (χ4n) is 7.56. The van der Waals surface area contributed by atoms with Crippen LogP contribution in [0.1, 0.15) is 89.0 Å². The van der Waals surface area contributed by atoms with Crippen molar-refractivity contribution in [1.29, 1.82) is 0 Å². The highest BCUT2D eigenvalue weighted by molar-refractivity contribution is 7.17. The number of rotatable bonds is 5. The lowest BCUT2D eigenvalue weighted by Crippen LogP contribution is -2.60. The SMILES string of the molecule is CC(C)c1ccccc1C1CN(Cc2cccc3sccc23)CCN1C1CC2(CCN(C(=O)OC(C)(C)C)CC2)C1. The molecule has 3 heterocycles. The largest absolute Gasteiger partial charge is 0.444 e. The molecule has 41 heavy (non-hydrogen) atoms. The Kier molecular flexibility index (Phi) is 7.94. The molecular formula is C35H47N3O2S. The van der Waals surface area contributed by atoms with E-state index >= 15 is 0 Å². The molecule has 2 saturated heterocycles. The van der Waals surface area contributed by atoms with Gasteiger partial charge in [-0.05, 0) is 97.4 Å². The van der Waals surface area contributed by atoms with Gasteiger partial charge in [0.1, 0.15) is 5.60 Å². The summed E-state index contributed by atoms with van der Waals surface area (Å²) in [7, 11) is 0. The highest BCUT2D eigenvalue weighted by atomic mass is 32.1. The number of hydrogen-bond acceptors (Lipinski definition) is 5. The number of nitrogens with zero attached hydrogens (tertiary/aromatic N) is 3. The number of hydrogen-bond donors (Lipinski definition) is 0. The van der Waals surface area contributed by atoms with Crippen molar-refractivity contribution >= 4 is 27.5 Å². The Balaban J connectivity index is 1.16. The number of carbonyl (C=O) groups excluding carboxylic acids is 1. The van der Waals surface area contributed by atoms with E-state index in [9.17, 15) is 4.79 Å². The molecule has 220 valence electrons. The quantitative estimate of drug-likeness (QED) is 0.309. The second-order valence-corrected chi connectivity index (χ2v) is 15.0. The predicted octanol–water partition coefficient (Wildman–Crippen LogP) is 8.06. The van der Waals surface area contributed by atoms with Crippen LogP contribution >= 0.6 is 11.3 Å². The molecule has 1 aliphatic carbocycles. The fraction of sp³-hybridized carbons (Fsp3) is 0.571. The van der Waals surface area contributed by atoms with Crippen LogP contribution in [0.2, 0.25) is 0 Å². The van der Waals surface area contributed by atoms with Crippen molar-refractivity contribution in [3.05, 3.63) is 70.6 Å². The van der Waals surface area contributed by atoms with Crippen LogP contribution in [-0.2, 0) is 11.3 Å². The number of piperazine rings is 1. The molecule has 0 N–H and O–H groups in total. The normalized spacial score (nSPS) is 22.4. The summed E-state index contributed by atoms with van der Waals surface area (Å²) in [5, 5.41) is 3.64. The van der Waals surface area contributed by atoms with Crippen molar-refractivity contribution < 1.29 is 9.53 Å². The van der Waals surface area contributed by atoms with Gasteiger partial charge in [-0.1, -0.05) is 50.2 Å². The Morgan fingerprint density at radius 2 is 1.76 bits per heavy atom. The van der Waals surface area contributed by atoms with Crippen LogP contribution in [0.4, 0.5) is 4.79 Å². The second-order valence-electron chi connectivity index (χ2n) is 14.1. The summed E-state index contributed by atoms with van der Waals surface area (Å²) >= 11 is 1.84. The number of ether oxygens (including phenoxy) is 1. The molecule has 1 amide bonds. The average molecular weight is 574 g/mol. The van der Waals surface area contributed by atoms with Crippen LogP contribution in [0, 0.1) is 5.41 Å². The monoisotopic (exact) mass is 573 g/mol. The molecule has 2 aromatic carbocycles. The number of piperidine rings is 1. The third-order valence-electron chi connectivity index (χ3n) is 9.75. The van der Waals surface area contributed by atoms with Gasteiger partial charge in [0, 0.05) is 56.1 Å². The van der Waals surface area contributed by atoms with Crippen molar-refractivity contribution in [2.24, 2.45) is 5.41 Å². The summed E-state index contributed by atoms with van der Waals surface area (Å²) in [6, 6.07) is 19.3. The third kappa shape index (κ3) is 6.07. The summed E-state index contributed by atoms with van der Waals surface area (Å²) in [6.07, 6.45) is 4.55. The van der Waals surface area contributed by atoms with Crippen molar-refractivity contribution in [3.63, 3.8) is 0 Å². The Bertz CT molecular complexity index is 1360. The van der Waals surface area contributed by atoms with E-state index in [1.807, 2.05) is 37.0 Å². The van der Waals surface area contributed by atoms with Crippen molar-refractivity contribution in [1.82, 2.24) is 14.7 Å². The second kappa shape index (κ2) is 11.3. The fourth-order valence-corrected chi connectivity index (χ4v) is 8.39. The van der Waals surface area contributed by atoms with Crippen LogP contribution < -0.4 is 0 Å². The Morgan fingerprint density at radius 1 is 1.00 bits per heavy atom. The smallest absolute Gasteiger partial charge is 0.410 e. The molecule has 3 aromatic rings. The molecule has 1 saturated carbocycles. The Labute approximate surface area is 250 Å². The van der Waals surface area contributed by atoms with Gasteiger partial charge in [-0.2, -0.15) is 0 Å². The van der Waals surface area contributed by atoms with E-state index in [1.54, 1.807) is 0 Å². The number of thiophene rings is 1. The van der Waals surface area contributed by atoms with Crippen molar-refractivity contribution in [2.75, 3.05) is 32.7 Å². The van der Waals surface area contributed by atoms with Gasteiger partial charge in [-0.25, -0.2) is 4.79 Å². The zero-order valence-corrected chi connectivity index (χ0v) is 26.4. The zero-order chi connectivity index (χ0) is 28.8. The number of amides is 1. The van der Waals surface area contributed by atoms with Gasteiger partial charge in [-0.3, -0.25) is 9.80 Å². The first-order chi connectivity index (χ1) is 19.6. The van der Waals surface area contributed by atoms with Crippen molar-refractivity contribution in [3.8, 4) is 0 Å². The molecule has 1 unspecified atom stereocenters. The van der Waals surface area contributed by atoms with Crippen LogP contribution in [0.15, 0.2) is 53.9 Å². The first kappa shape index (κ1) is 28.7. The maximum absolute atomic E-state index is 12.6. The van der Waals surface area contributed by atoms with Gasteiger partial charge in [0.2, 0.25) is 0 Å². The number of fused-ring (bicyclic) bond motifs is 1. The number of carbonyl (C=O) groups is 1. The van der Waals surface area contributed by atoms with E-state index in [-0.39, 0.29) is 6.09 Å². The number of benzene rings is 2. The van der Waals surface area contributed by atoms with Gasteiger partial charge in [-0.15, -0.1) is 11.3 Å². The van der Waals surface area contributed by atoms with E-state index in [0.717, 1.165) is 52.1 Å². The van der Waals surface area contributed by atoms with Crippen LogP contribution in [0.3, 0.4) is 0 Å². The summed E-state index contributed by atoms with van der Waals surface area (Å²) in [4.78, 5) is 20.1. The maximum Gasteiger partial charge on any atom is 0.410 e. The zero-order valence-electron chi connectivity index (χ0n) is 25.6. The molecule has 3 aliphatic rings. The van der Waals surface area contributed by atoms with Gasteiger partial charge >= 0.3 is 6.09 Å². The van der Waals surface area contributed by atoms with E-state index in [2.05, 4.69) is 77.6 Å². The molecule has 1 spiro atoms. The molecule has 6 heteroatoms. The predicted molar refractivity (Wildman–Crippen MR) is 170 cm³/mol. The van der Waals surface area contributed by atoms with Gasteiger partial charge < -0.3 is 9.64 Å². The van der Waals surface area contributed by atoms with Crippen LogP contribution in [0.25, 0.3) is 10.1 Å². The lowest BCUT2D eigenvalue weighted by molar-refractivity contribution is -0.0782. The summed E-state index contributed by atoms with van der Waals surface area (Å²) < 4.78 is 7.04. The van der Waals surface area contributed by atoms with Crippen LogP contribution in [-0.4, -0.2) is 65.2 Å². The summed E-state index contributed by atoms with van der Waals surface area (Å²) in [6.45, 7) is 16.5. The van der Waals surface area contributed by atoms with E-state index in [0.29, 0.717) is 23.4 Å². The first-order valence-corrected chi connectivity index (χ1v) is 16.5. The third-order valence-corrected chi connectivity index (χ3v) is 10.6.